The monoisotopic (exact) mass is 266 g/mol. The van der Waals surface area contributed by atoms with Crippen molar-refractivity contribution in [3.8, 4) is 5.75 Å². The molecule has 1 aromatic heterocycles. The number of ketones is 1. The SMILES string of the molecule is COc1ccc(C(=O)c2cc3ccccc3o2)c(C)c1. The molecule has 0 aliphatic heterocycles. The zero-order chi connectivity index (χ0) is 14.1. The van der Waals surface area contributed by atoms with Gasteiger partial charge in [0.2, 0.25) is 5.78 Å². The van der Waals surface area contributed by atoms with Gasteiger partial charge in [-0.3, -0.25) is 4.79 Å². The maximum atomic E-state index is 12.5. The summed E-state index contributed by atoms with van der Waals surface area (Å²) in [5, 5.41) is 0.932. The van der Waals surface area contributed by atoms with Gasteiger partial charge >= 0.3 is 0 Å². The van der Waals surface area contributed by atoms with Gasteiger partial charge < -0.3 is 9.15 Å². The summed E-state index contributed by atoms with van der Waals surface area (Å²) in [6, 6.07) is 14.8. The van der Waals surface area contributed by atoms with E-state index >= 15 is 0 Å². The number of hydrogen-bond acceptors (Lipinski definition) is 3. The highest BCUT2D eigenvalue weighted by Gasteiger charge is 2.16. The molecule has 0 saturated carbocycles. The number of para-hydroxylation sites is 1. The Balaban J connectivity index is 2.03. The van der Waals surface area contributed by atoms with Gasteiger partial charge in [-0.1, -0.05) is 18.2 Å². The van der Waals surface area contributed by atoms with Crippen molar-refractivity contribution < 1.29 is 13.9 Å². The van der Waals surface area contributed by atoms with Crippen LogP contribution in [0.2, 0.25) is 0 Å². The lowest BCUT2D eigenvalue weighted by molar-refractivity contribution is 0.101. The molecule has 3 heteroatoms. The molecule has 0 atom stereocenters. The number of carbonyl (C=O) groups excluding carboxylic acids is 1. The largest absolute Gasteiger partial charge is 0.497 e. The van der Waals surface area contributed by atoms with Crippen LogP contribution in [0.5, 0.6) is 5.75 Å². The number of ether oxygens (including phenoxy) is 1. The van der Waals surface area contributed by atoms with Crippen LogP contribution in [0.25, 0.3) is 11.0 Å². The summed E-state index contributed by atoms with van der Waals surface area (Å²) < 4.78 is 10.8. The molecule has 100 valence electrons. The minimum absolute atomic E-state index is 0.110. The molecule has 3 aromatic rings. The Hall–Kier alpha value is -2.55. The summed E-state index contributed by atoms with van der Waals surface area (Å²) in [5.74, 6) is 0.990. The van der Waals surface area contributed by atoms with Crippen LogP contribution in [0.15, 0.2) is 52.9 Å². The van der Waals surface area contributed by atoms with E-state index in [9.17, 15) is 4.79 Å². The highest BCUT2D eigenvalue weighted by molar-refractivity contribution is 6.09. The molecule has 3 nitrogen and oxygen atoms in total. The van der Waals surface area contributed by atoms with Crippen molar-refractivity contribution in [3.63, 3.8) is 0 Å². The molecule has 0 N–H and O–H groups in total. The topological polar surface area (TPSA) is 39.4 Å². The van der Waals surface area contributed by atoms with E-state index in [4.69, 9.17) is 9.15 Å². The Morgan fingerprint density at radius 3 is 2.60 bits per heavy atom. The predicted octanol–water partition coefficient (Wildman–Crippen LogP) is 3.98. The highest BCUT2D eigenvalue weighted by atomic mass is 16.5. The van der Waals surface area contributed by atoms with E-state index in [2.05, 4.69) is 0 Å². The minimum Gasteiger partial charge on any atom is -0.497 e. The van der Waals surface area contributed by atoms with E-state index in [1.807, 2.05) is 37.3 Å². The molecule has 0 spiro atoms. The maximum Gasteiger partial charge on any atom is 0.228 e. The van der Waals surface area contributed by atoms with Crippen LogP contribution < -0.4 is 4.74 Å². The van der Waals surface area contributed by atoms with Crippen molar-refractivity contribution in [1.82, 2.24) is 0 Å². The van der Waals surface area contributed by atoms with Gasteiger partial charge in [-0.2, -0.15) is 0 Å². The Morgan fingerprint density at radius 1 is 1.10 bits per heavy atom. The van der Waals surface area contributed by atoms with E-state index < -0.39 is 0 Å². The third kappa shape index (κ3) is 2.07. The van der Waals surface area contributed by atoms with Gasteiger partial charge in [-0.05, 0) is 42.8 Å². The van der Waals surface area contributed by atoms with Crippen molar-refractivity contribution in [3.05, 3.63) is 65.4 Å². The van der Waals surface area contributed by atoms with E-state index in [0.717, 1.165) is 22.3 Å². The fourth-order valence-corrected chi connectivity index (χ4v) is 2.24. The normalized spacial score (nSPS) is 10.7. The number of fused-ring (bicyclic) bond motifs is 1. The molecular formula is C17H14O3. The van der Waals surface area contributed by atoms with Crippen LogP contribution in [0.3, 0.4) is 0 Å². The van der Waals surface area contributed by atoms with Crippen molar-refractivity contribution in [1.29, 1.82) is 0 Å². The second kappa shape index (κ2) is 4.85. The van der Waals surface area contributed by atoms with Gasteiger partial charge in [0.25, 0.3) is 0 Å². The fourth-order valence-electron chi connectivity index (χ4n) is 2.24. The molecule has 0 saturated heterocycles. The van der Waals surface area contributed by atoms with Gasteiger partial charge in [-0.15, -0.1) is 0 Å². The first-order valence-corrected chi connectivity index (χ1v) is 6.37. The number of benzene rings is 2. The highest BCUT2D eigenvalue weighted by Crippen LogP contribution is 2.24. The third-order valence-electron chi connectivity index (χ3n) is 3.33. The van der Waals surface area contributed by atoms with Crippen LogP contribution in [0, 0.1) is 6.92 Å². The molecule has 0 bridgehead atoms. The van der Waals surface area contributed by atoms with Gasteiger partial charge in [-0.25, -0.2) is 0 Å². The molecule has 3 rings (SSSR count). The molecular weight excluding hydrogens is 252 g/mol. The van der Waals surface area contributed by atoms with Crippen molar-refractivity contribution in [2.75, 3.05) is 7.11 Å². The summed E-state index contributed by atoms with van der Waals surface area (Å²) >= 11 is 0. The average Bonchev–Trinajstić information content (AvgIpc) is 2.90. The van der Waals surface area contributed by atoms with Crippen LogP contribution in [0.4, 0.5) is 0 Å². The van der Waals surface area contributed by atoms with Gasteiger partial charge in [0, 0.05) is 10.9 Å². The summed E-state index contributed by atoms with van der Waals surface area (Å²) in [6.45, 7) is 1.89. The third-order valence-corrected chi connectivity index (χ3v) is 3.33. The van der Waals surface area contributed by atoms with E-state index in [-0.39, 0.29) is 5.78 Å². The van der Waals surface area contributed by atoms with E-state index in [1.165, 1.54) is 0 Å². The van der Waals surface area contributed by atoms with Crippen molar-refractivity contribution >= 4 is 16.8 Å². The summed E-state index contributed by atoms with van der Waals surface area (Å²) in [7, 11) is 1.61. The second-order valence-electron chi connectivity index (χ2n) is 4.66. The molecule has 2 aromatic carbocycles. The molecule has 0 aliphatic rings. The summed E-state index contributed by atoms with van der Waals surface area (Å²) in [5.41, 5.74) is 2.22. The van der Waals surface area contributed by atoms with Crippen molar-refractivity contribution in [2.45, 2.75) is 6.92 Å². The van der Waals surface area contributed by atoms with Crippen LogP contribution >= 0.6 is 0 Å². The lowest BCUT2D eigenvalue weighted by atomic mass is 10.0. The smallest absolute Gasteiger partial charge is 0.228 e. The van der Waals surface area contributed by atoms with E-state index in [0.29, 0.717) is 11.3 Å². The van der Waals surface area contributed by atoms with E-state index in [1.54, 1.807) is 25.3 Å². The molecule has 0 aliphatic carbocycles. The first kappa shape index (κ1) is 12.5. The number of hydrogen-bond donors (Lipinski definition) is 0. The quantitative estimate of drug-likeness (QED) is 0.673. The molecule has 0 unspecified atom stereocenters. The lowest BCUT2D eigenvalue weighted by Gasteiger charge is -2.05. The predicted molar refractivity (Wildman–Crippen MR) is 77.4 cm³/mol. The van der Waals surface area contributed by atoms with Crippen molar-refractivity contribution in [2.24, 2.45) is 0 Å². The molecule has 0 amide bonds. The van der Waals surface area contributed by atoms with Crippen LogP contribution in [0.1, 0.15) is 21.7 Å². The number of aryl methyl sites for hydroxylation is 1. The van der Waals surface area contributed by atoms with Gasteiger partial charge in [0.05, 0.1) is 7.11 Å². The number of furan rings is 1. The molecule has 20 heavy (non-hydrogen) atoms. The Labute approximate surface area is 116 Å². The van der Waals surface area contributed by atoms with Crippen LogP contribution in [-0.4, -0.2) is 12.9 Å². The molecule has 1 heterocycles. The Kier molecular flexibility index (Phi) is 3.03. The standard InChI is InChI=1S/C17H14O3/c1-11-9-13(19-2)7-8-14(11)17(18)16-10-12-5-3-4-6-15(12)20-16/h3-10H,1-2H3. The number of rotatable bonds is 3. The van der Waals surface area contributed by atoms with Gasteiger partial charge in [0.1, 0.15) is 11.3 Å². The Bertz CT molecular complexity index is 751. The number of methoxy groups -OCH3 is 1. The van der Waals surface area contributed by atoms with Gasteiger partial charge in [0.15, 0.2) is 5.76 Å². The number of carbonyl (C=O) groups is 1. The average molecular weight is 266 g/mol. The lowest BCUT2D eigenvalue weighted by Crippen LogP contribution is -2.02. The first-order valence-electron chi connectivity index (χ1n) is 6.37. The first-order chi connectivity index (χ1) is 9.69. The zero-order valence-corrected chi connectivity index (χ0v) is 11.3. The second-order valence-corrected chi connectivity index (χ2v) is 4.66. The maximum absolute atomic E-state index is 12.5. The molecule has 0 radical (unpaired) electrons. The zero-order valence-electron chi connectivity index (χ0n) is 11.3. The minimum atomic E-state index is -0.110. The van der Waals surface area contributed by atoms with Crippen LogP contribution in [-0.2, 0) is 0 Å². The molecule has 0 fully saturated rings. The Morgan fingerprint density at radius 2 is 1.90 bits per heavy atom. The summed E-state index contributed by atoms with van der Waals surface area (Å²) in [4.78, 5) is 12.5. The summed E-state index contributed by atoms with van der Waals surface area (Å²) in [6.07, 6.45) is 0. The fraction of sp³-hybridized carbons (Fsp3) is 0.118.